The molecule has 4 heteroatoms. The lowest BCUT2D eigenvalue weighted by Gasteiger charge is -2.23. The van der Waals surface area contributed by atoms with Gasteiger partial charge in [-0.1, -0.05) is 54.6 Å². The lowest BCUT2D eigenvalue weighted by molar-refractivity contribution is -0.931. The molecule has 0 aliphatic heterocycles. The molecule has 1 unspecified atom stereocenters. The lowest BCUT2D eigenvalue weighted by atomic mass is 10.1. The molecule has 0 radical (unpaired) electrons. The molecule has 152 valence electrons. The van der Waals surface area contributed by atoms with Crippen LogP contribution in [-0.4, -0.2) is 22.3 Å². The van der Waals surface area contributed by atoms with Crippen molar-refractivity contribution in [2.24, 2.45) is 0 Å². The van der Waals surface area contributed by atoms with E-state index in [1.807, 2.05) is 48.7 Å². The Labute approximate surface area is 172 Å². The highest BCUT2D eigenvalue weighted by Gasteiger charge is 2.18. The van der Waals surface area contributed by atoms with E-state index >= 15 is 0 Å². The van der Waals surface area contributed by atoms with Crippen molar-refractivity contribution in [2.45, 2.75) is 38.6 Å². The Morgan fingerprint density at radius 1 is 1.00 bits per heavy atom. The molecule has 2 atom stereocenters. The molecule has 2 N–H and O–H groups in total. The Balaban J connectivity index is 1.74. The molecule has 0 bridgehead atoms. The number of rotatable bonds is 11. The summed E-state index contributed by atoms with van der Waals surface area (Å²) in [6.45, 7) is 6.51. The van der Waals surface area contributed by atoms with Gasteiger partial charge in [-0.05, 0) is 31.0 Å². The van der Waals surface area contributed by atoms with Crippen molar-refractivity contribution in [2.75, 3.05) is 6.54 Å². The van der Waals surface area contributed by atoms with Crippen molar-refractivity contribution in [3.05, 3.63) is 108 Å². The summed E-state index contributed by atoms with van der Waals surface area (Å²) in [7, 11) is 0. The third kappa shape index (κ3) is 6.41. The molecule has 0 spiro atoms. The molecular formula is C25H30FN2O+. The van der Waals surface area contributed by atoms with E-state index in [0.717, 1.165) is 31.6 Å². The number of aromatic nitrogens is 1. The molecule has 0 aliphatic rings. The van der Waals surface area contributed by atoms with Gasteiger partial charge in [-0.2, -0.15) is 0 Å². The fourth-order valence-corrected chi connectivity index (χ4v) is 3.67. The average molecular weight is 394 g/mol. The van der Waals surface area contributed by atoms with Crippen molar-refractivity contribution in [3.63, 3.8) is 0 Å². The summed E-state index contributed by atoms with van der Waals surface area (Å²) in [5, 5.41) is 10.5. The summed E-state index contributed by atoms with van der Waals surface area (Å²) in [5.41, 5.74) is 3.06. The van der Waals surface area contributed by atoms with Gasteiger partial charge in [0.25, 0.3) is 0 Å². The Hall–Kier alpha value is -2.69. The highest BCUT2D eigenvalue weighted by molar-refractivity contribution is 5.19. The molecule has 3 rings (SSSR count). The molecule has 0 amide bonds. The Morgan fingerprint density at radius 2 is 1.76 bits per heavy atom. The zero-order valence-electron chi connectivity index (χ0n) is 16.8. The van der Waals surface area contributed by atoms with E-state index in [1.54, 1.807) is 6.07 Å². The maximum absolute atomic E-state index is 14.1. The molecule has 0 fully saturated rings. The zero-order valence-corrected chi connectivity index (χ0v) is 16.8. The topological polar surface area (TPSA) is 29.6 Å². The highest BCUT2D eigenvalue weighted by atomic mass is 19.1. The van der Waals surface area contributed by atoms with E-state index in [0.29, 0.717) is 18.7 Å². The van der Waals surface area contributed by atoms with Crippen molar-refractivity contribution in [3.8, 4) is 0 Å². The first kappa shape index (κ1) is 21.0. The fourth-order valence-electron chi connectivity index (χ4n) is 3.67. The summed E-state index contributed by atoms with van der Waals surface area (Å²) in [6, 6.07) is 21.3. The summed E-state index contributed by atoms with van der Waals surface area (Å²) in [6.07, 6.45) is 5.00. The van der Waals surface area contributed by atoms with Crippen LogP contribution in [0.25, 0.3) is 0 Å². The molecule has 29 heavy (non-hydrogen) atoms. The largest absolute Gasteiger partial charge is 0.387 e. The molecular weight excluding hydrogens is 363 g/mol. The van der Waals surface area contributed by atoms with Gasteiger partial charge < -0.3 is 14.6 Å². The molecule has 3 nitrogen and oxygen atoms in total. The Bertz CT molecular complexity index is 891. The fraction of sp³-hybridized carbons (Fsp3) is 0.280. The molecule has 2 aromatic carbocycles. The predicted octanol–water partition coefficient (Wildman–Crippen LogP) is 3.59. The summed E-state index contributed by atoms with van der Waals surface area (Å²) in [5.74, 6) is -0.180. The standard InChI is InChI=1S/C25H29FN2O/c1-2-3-14-24(29)20-27(17-21-10-5-4-6-11-21)19-23-13-9-16-28(23)18-22-12-7-8-15-25(22)26/h2,4-13,15-16,24,29H,1,3,14,17-20H2/p+1/t24-/m0/s1. The summed E-state index contributed by atoms with van der Waals surface area (Å²) >= 11 is 0. The first-order valence-corrected chi connectivity index (χ1v) is 10.2. The van der Waals surface area contributed by atoms with E-state index in [4.69, 9.17) is 0 Å². The molecule has 1 heterocycles. The predicted molar refractivity (Wildman–Crippen MR) is 115 cm³/mol. The van der Waals surface area contributed by atoms with Crippen molar-refractivity contribution in [1.82, 2.24) is 4.57 Å². The van der Waals surface area contributed by atoms with Gasteiger partial charge in [0.15, 0.2) is 0 Å². The van der Waals surface area contributed by atoms with Crippen LogP contribution in [0.4, 0.5) is 4.39 Å². The highest BCUT2D eigenvalue weighted by Crippen LogP contribution is 2.11. The number of benzene rings is 2. The van der Waals surface area contributed by atoms with Gasteiger partial charge in [0.1, 0.15) is 31.6 Å². The molecule has 1 aromatic heterocycles. The van der Waals surface area contributed by atoms with Gasteiger partial charge in [0.2, 0.25) is 0 Å². The minimum Gasteiger partial charge on any atom is -0.387 e. The number of quaternary nitrogens is 1. The number of halogens is 1. The van der Waals surface area contributed by atoms with Gasteiger partial charge >= 0.3 is 0 Å². The van der Waals surface area contributed by atoms with E-state index in [1.165, 1.54) is 16.5 Å². The van der Waals surface area contributed by atoms with Gasteiger partial charge in [0, 0.05) is 17.3 Å². The van der Waals surface area contributed by atoms with Gasteiger partial charge in [-0.25, -0.2) is 4.39 Å². The quantitative estimate of drug-likeness (QED) is 0.479. The number of hydrogen-bond donors (Lipinski definition) is 2. The first-order chi connectivity index (χ1) is 14.2. The van der Waals surface area contributed by atoms with Crippen molar-refractivity contribution in [1.29, 1.82) is 0 Å². The lowest BCUT2D eigenvalue weighted by Crippen LogP contribution is -3.10. The molecule has 0 aliphatic carbocycles. The van der Waals surface area contributed by atoms with Crippen LogP contribution in [0, 0.1) is 5.82 Å². The number of aliphatic hydroxyl groups excluding tert-OH is 1. The first-order valence-electron chi connectivity index (χ1n) is 10.2. The molecule has 0 saturated heterocycles. The van der Waals surface area contributed by atoms with Gasteiger partial charge in [-0.3, -0.25) is 0 Å². The van der Waals surface area contributed by atoms with Crippen LogP contribution in [0.1, 0.15) is 29.7 Å². The van der Waals surface area contributed by atoms with E-state index in [2.05, 4.69) is 29.3 Å². The van der Waals surface area contributed by atoms with Crippen LogP contribution < -0.4 is 4.90 Å². The minimum absolute atomic E-state index is 0.180. The van der Waals surface area contributed by atoms with E-state index < -0.39 is 0 Å². The summed E-state index contributed by atoms with van der Waals surface area (Å²) < 4.78 is 16.2. The van der Waals surface area contributed by atoms with E-state index in [9.17, 15) is 9.50 Å². The molecule has 0 saturated carbocycles. The van der Waals surface area contributed by atoms with Crippen molar-refractivity contribution < 1.29 is 14.4 Å². The van der Waals surface area contributed by atoms with Crippen LogP contribution >= 0.6 is 0 Å². The van der Waals surface area contributed by atoms with Gasteiger partial charge in [-0.15, -0.1) is 6.58 Å². The number of allylic oxidation sites excluding steroid dienone is 1. The number of nitrogens with one attached hydrogen (secondary N) is 1. The number of hydrogen-bond acceptors (Lipinski definition) is 1. The SMILES string of the molecule is C=CCC[C@H](O)C[NH+](Cc1ccccc1)Cc1cccn1Cc1ccccc1F. The zero-order chi connectivity index (χ0) is 20.5. The van der Waals surface area contributed by atoms with Gasteiger partial charge in [0.05, 0.1) is 12.2 Å². The Kier molecular flexibility index (Phi) is 7.79. The third-order valence-electron chi connectivity index (χ3n) is 5.18. The maximum Gasteiger partial charge on any atom is 0.128 e. The minimum atomic E-state index is -0.373. The third-order valence-corrected chi connectivity index (χ3v) is 5.18. The second-order valence-electron chi connectivity index (χ2n) is 7.53. The number of aliphatic hydroxyl groups is 1. The second-order valence-corrected chi connectivity index (χ2v) is 7.53. The van der Waals surface area contributed by atoms with Crippen LogP contribution in [0.2, 0.25) is 0 Å². The van der Waals surface area contributed by atoms with Crippen LogP contribution in [0.3, 0.4) is 0 Å². The summed E-state index contributed by atoms with van der Waals surface area (Å²) in [4.78, 5) is 1.28. The van der Waals surface area contributed by atoms with Crippen LogP contribution in [-0.2, 0) is 19.6 Å². The van der Waals surface area contributed by atoms with E-state index in [-0.39, 0.29) is 11.9 Å². The smallest absolute Gasteiger partial charge is 0.128 e. The normalized spacial score (nSPS) is 13.2. The van der Waals surface area contributed by atoms with Crippen molar-refractivity contribution >= 4 is 0 Å². The van der Waals surface area contributed by atoms with Crippen LogP contribution in [0.5, 0.6) is 0 Å². The average Bonchev–Trinajstić information content (AvgIpc) is 3.15. The molecule has 3 aromatic rings. The number of nitrogens with zero attached hydrogens (tertiary/aromatic N) is 1. The monoisotopic (exact) mass is 393 g/mol. The Morgan fingerprint density at radius 3 is 2.52 bits per heavy atom. The maximum atomic E-state index is 14.1. The second kappa shape index (κ2) is 10.7. The van der Waals surface area contributed by atoms with Crippen LogP contribution in [0.15, 0.2) is 85.6 Å².